The van der Waals surface area contributed by atoms with Gasteiger partial charge in [0, 0.05) is 12.5 Å². The highest BCUT2D eigenvalue weighted by molar-refractivity contribution is 7.98. The number of carboxylic acid groups (broad SMARTS) is 1. The topological polar surface area (TPSA) is 134 Å². The highest BCUT2D eigenvalue weighted by atomic mass is 32.2. The summed E-state index contributed by atoms with van der Waals surface area (Å²) in [5.41, 5.74) is -0.634. The maximum absolute atomic E-state index is 12.4. The molecule has 4 N–H and O–H groups in total. The van der Waals surface area contributed by atoms with Crippen molar-refractivity contribution in [1.82, 2.24) is 16.0 Å². The standard InChI is InChI=1S/C21H37N3O6S/c1-13(23-20(29)30-21(2,3)4)17(25)22-12-14-6-8-15(9-7-14)18(26)24-16(19(27)28)10-11-31-5/h13-16H,6-12H2,1-5H3,(H,22,25)(H,23,29)(H,24,26)(H,27,28). The average Bonchev–Trinajstić information content (AvgIpc) is 2.67. The van der Waals surface area contributed by atoms with Crippen molar-refractivity contribution < 1.29 is 29.0 Å². The van der Waals surface area contributed by atoms with Crippen LogP contribution < -0.4 is 16.0 Å². The molecular formula is C21H37N3O6S. The van der Waals surface area contributed by atoms with Gasteiger partial charge in [-0.3, -0.25) is 9.59 Å². The first-order valence-corrected chi connectivity index (χ1v) is 12.1. The van der Waals surface area contributed by atoms with Crippen LogP contribution in [0.3, 0.4) is 0 Å². The van der Waals surface area contributed by atoms with Crippen LogP contribution in [0.1, 0.15) is 59.8 Å². The summed E-state index contributed by atoms with van der Waals surface area (Å²) in [6, 6.07) is -1.57. The molecule has 9 nitrogen and oxygen atoms in total. The molecule has 0 spiro atoms. The molecular weight excluding hydrogens is 422 g/mol. The molecule has 10 heteroatoms. The summed E-state index contributed by atoms with van der Waals surface area (Å²) in [7, 11) is 0. The number of alkyl carbamates (subject to hydrolysis) is 1. The molecule has 0 saturated heterocycles. The van der Waals surface area contributed by atoms with E-state index in [1.165, 1.54) is 0 Å². The predicted octanol–water partition coefficient (Wildman–Crippen LogP) is 2.14. The van der Waals surface area contributed by atoms with E-state index >= 15 is 0 Å². The van der Waals surface area contributed by atoms with E-state index in [1.807, 2.05) is 6.26 Å². The fraction of sp³-hybridized carbons (Fsp3) is 0.810. The fourth-order valence-electron chi connectivity index (χ4n) is 3.36. The number of aliphatic carboxylic acids is 1. The first-order valence-electron chi connectivity index (χ1n) is 10.7. The van der Waals surface area contributed by atoms with Crippen molar-refractivity contribution >= 4 is 35.6 Å². The van der Waals surface area contributed by atoms with Crippen molar-refractivity contribution in [3.8, 4) is 0 Å². The maximum atomic E-state index is 12.4. The van der Waals surface area contributed by atoms with Crippen molar-refractivity contribution in [2.45, 2.75) is 77.5 Å². The van der Waals surface area contributed by atoms with Crippen molar-refractivity contribution in [2.24, 2.45) is 11.8 Å². The number of amides is 3. The third-order valence-electron chi connectivity index (χ3n) is 5.13. The smallest absolute Gasteiger partial charge is 0.408 e. The molecule has 1 aliphatic rings. The Morgan fingerprint density at radius 2 is 1.71 bits per heavy atom. The average molecular weight is 460 g/mol. The minimum atomic E-state index is -1.01. The van der Waals surface area contributed by atoms with Crippen LogP contribution in [-0.2, 0) is 19.1 Å². The number of carboxylic acids is 1. The lowest BCUT2D eigenvalue weighted by molar-refractivity contribution is -0.142. The van der Waals surface area contributed by atoms with Crippen LogP contribution in [-0.4, -0.2) is 65.2 Å². The lowest BCUT2D eigenvalue weighted by Crippen LogP contribution is -2.48. The molecule has 0 bridgehead atoms. The minimum absolute atomic E-state index is 0.198. The Morgan fingerprint density at radius 3 is 2.23 bits per heavy atom. The summed E-state index contributed by atoms with van der Waals surface area (Å²) >= 11 is 1.55. The largest absolute Gasteiger partial charge is 0.480 e. The number of thioether (sulfide) groups is 1. The number of hydrogen-bond acceptors (Lipinski definition) is 6. The van der Waals surface area contributed by atoms with Gasteiger partial charge in [0.05, 0.1) is 0 Å². The molecule has 0 aliphatic heterocycles. The molecule has 0 aromatic rings. The highest BCUT2D eigenvalue weighted by Gasteiger charge is 2.30. The first-order chi connectivity index (χ1) is 14.4. The number of rotatable bonds is 10. The maximum Gasteiger partial charge on any atom is 0.408 e. The summed E-state index contributed by atoms with van der Waals surface area (Å²) in [5, 5.41) is 17.3. The van der Waals surface area contributed by atoms with E-state index in [0.29, 0.717) is 31.6 Å². The summed E-state index contributed by atoms with van der Waals surface area (Å²) < 4.78 is 5.15. The summed E-state index contributed by atoms with van der Waals surface area (Å²) in [6.45, 7) is 7.31. The van der Waals surface area contributed by atoms with Gasteiger partial charge in [0.25, 0.3) is 0 Å². The molecule has 1 rings (SSSR count). The van der Waals surface area contributed by atoms with Gasteiger partial charge in [-0.15, -0.1) is 0 Å². The van der Waals surface area contributed by atoms with E-state index in [0.717, 1.165) is 12.8 Å². The lowest BCUT2D eigenvalue weighted by Gasteiger charge is -2.29. The first kappa shape index (κ1) is 27.1. The number of carbonyl (C=O) groups is 4. The third kappa shape index (κ3) is 10.8. The molecule has 1 saturated carbocycles. The zero-order valence-corrected chi connectivity index (χ0v) is 20.0. The molecule has 1 fully saturated rings. The van der Waals surface area contributed by atoms with Gasteiger partial charge in [-0.25, -0.2) is 9.59 Å². The Bertz CT molecular complexity index is 629. The van der Waals surface area contributed by atoms with Crippen molar-refractivity contribution in [3.05, 3.63) is 0 Å². The molecule has 2 unspecified atom stereocenters. The van der Waals surface area contributed by atoms with Crippen LogP contribution in [0.5, 0.6) is 0 Å². The van der Waals surface area contributed by atoms with Gasteiger partial charge in [-0.2, -0.15) is 11.8 Å². The Labute approximate surface area is 188 Å². The molecule has 2 atom stereocenters. The van der Waals surface area contributed by atoms with Crippen LogP contribution in [0.15, 0.2) is 0 Å². The molecule has 0 aromatic heterocycles. The normalized spacial score (nSPS) is 20.8. The SMILES string of the molecule is CSCCC(NC(=O)C1CCC(CNC(=O)C(C)NC(=O)OC(C)(C)C)CC1)C(=O)O. The lowest BCUT2D eigenvalue weighted by atomic mass is 9.81. The minimum Gasteiger partial charge on any atom is -0.480 e. The summed E-state index contributed by atoms with van der Waals surface area (Å²) in [6.07, 6.45) is 4.52. The zero-order chi connectivity index (χ0) is 23.6. The van der Waals surface area contributed by atoms with Crippen LogP contribution in [0.25, 0.3) is 0 Å². The van der Waals surface area contributed by atoms with Gasteiger partial charge < -0.3 is 25.8 Å². The predicted molar refractivity (Wildman–Crippen MR) is 120 cm³/mol. The second-order valence-corrected chi connectivity index (χ2v) is 10.00. The van der Waals surface area contributed by atoms with Crippen molar-refractivity contribution in [3.63, 3.8) is 0 Å². The zero-order valence-electron chi connectivity index (χ0n) is 19.2. The fourth-order valence-corrected chi connectivity index (χ4v) is 3.83. The number of ether oxygens (including phenoxy) is 1. The number of hydrogen-bond donors (Lipinski definition) is 4. The summed E-state index contributed by atoms with van der Waals surface area (Å²) in [5.74, 6) is -0.780. The van der Waals surface area contributed by atoms with E-state index in [9.17, 15) is 24.3 Å². The van der Waals surface area contributed by atoms with Crippen LogP contribution in [0, 0.1) is 11.8 Å². The van der Waals surface area contributed by atoms with Gasteiger partial charge >= 0.3 is 12.1 Å². The van der Waals surface area contributed by atoms with Crippen molar-refractivity contribution in [1.29, 1.82) is 0 Å². The molecule has 31 heavy (non-hydrogen) atoms. The molecule has 0 radical (unpaired) electrons. The van der Waals surface area contributed by atoms with E-state index in [2.05, 4.69) is 16.0 Å². The van der Waals surface area contributed by atoms with Crippen LogP contribution in [0.4, 0.5) is 4.79 Å². The van der Waals surface area contributed by atoms with Gasteiger partial charge in [0.15, 0.2) is 0 Å². The Balaban J connectivity index is 2.36. The molecule has 178 valence electrons. The van der Waals surface area contributed by atoms with Crippen molar-refractivity contribution in [2.75, 3.05) is 18.6 Å². The number of carbonyl (C=O) groups excluding carboxylic acids is 3. The van der Waals surface area contributed by atoms with Gasteiger partial charge in [0.1, 0.15) is 17.7 Å². The molecule has 3 amide bonds. The highest BCUT2D eigenvalue weighted by Crippen LogP contribution is 2.28. The molecule has 1 aliphatic carbocycles. The Hall–Kier alpha value is -1.97. The Kier molecular flexibility index (Phi) is 11.2. The van der Waals surface area contributed by atoms with E-state index in [-0.39, 0.29) is 23.7 Å². The monoisotopic (exact) mass is 459 g/mol. The molecule has 0 aromatic carbocycles. The van der Waals surface area contributed by atoms with Crippen LogP contribution >= 0.6 is 11.8 Å². The second-order valence-electron chi connectivity index (χ2n) is 9.01. The molecule has 0 heterocycles. The van der Waals surface area contributed by atoms with E-state index in [1.54, 1.807) is 39.5 Å². The third-order valence-corrected chi connectivity index (χ3v) is 5.78. The Morgan fingerprint density at radius 1 is 1.10 bits per heavy atom. The number of nitrogens with one attached hydrogen (secondary N) is 3. The van der Waals surface area contributed by atoms with Crippen LogP contribution in [0.2, 0.25) is 0 Å². The van der Waals surface area contributed by atoms with Gasteiger partial charge in [-0.05, 0) is 77.7 Å². The second kappa shape index (κ2) is 12.8. The van der Waals surface area contributed by atoms with E-state index in [4.69, 9.17) is 4.74 Å². The van der Waals surface area contributed by atoms with E-state index < -0.39 is 29.7 Å². The van der Waals surface area contributed by atoms with Gasteiger partial charge in [0.2, 0.25) is 11.8 Å². The summed E-state index contributed by atoms with van der Waals surface area (Å²) in [4.78, 5) is 47.7. The van der Waals surface area contributed by atoms with Gasteiger partial charge in [-0.1, -0.05) is 0 Å². The quantitative estimate of drug-likeness (QED) is 0.393.